The number of aromatic amines is 2. The summed E-state index contributed by atoms with van der Waals surface area (Å²) in [6, 6.07) is 36.8. The Morgan fingerprint density at radius 3 is 1.29 bits per heavy atom. The van der Waals surface area contributed by atoms with E-state index in [0.29, 0.717) is 24.7 Å². The molecule has 2 aliphatic rings. The number of aromatic nitrogens is 2. The molecule has 2 unspecified atom stereocenters. The van der Waals surface area contributed by atoms with Crippen molar-refractivity contribution >= 4 is 27.8 Å². The number of methoxy groups -OCH3 is 4. The highest BCUT2D eigenvalue weighted by molar-refractivity contribution is 5.87. The molecule has 2 aromatic heterocycles. The number of carboxylic acid groups (broad SMARTS) is 1. The minimum Gasteiger partial charge on any atom is -0.497 e. The van der Waals surface area contributed by atoms with Gasteiger partial charge in [-0.15, -0.1) is 0 Å². The number of hydrogen-bond acceptors (Lipinski definition) is 9. The van der Waals surface area contributed by atoms with Crippen molar-refractivity contribution in [2.24, 2.45) is 0 Å². The van der Waals surface area contributed by atoms with E-state index < -0.39 is 5.97 Å². The van der Waals surface area contributed by atoms with E-state index in [0.717, 1.165) is 89.1 Å². The van der Waals surface area contributed by atoms with Crippen LogP contribution in [0, 0.1) is 11.6 Å². The number of hydrogen-bond donors (Lipinski definition) is 5. The van der Waals surface area contributed by atoms with Gasteiger partial charge in [-0.1, -0.05) is 12.1 Å². The molecule has 0 amide bonds. The minimum atomic E-state index is -0.833. The van der Waals surface area contributed by atoms with Gasteiger partial charge >= 0.3 is 0 Å². The predicted molar refractivity (Wildman–Crippen MR) is 258 cm³/mol. The number of nitrogens with one attached hydrogen (secondary N) is 4. The van der Waals surface area contributed by atoms with Crippen LogP contribution in [0.3, 0.4) is 0 Å². The van der Waals surface area contributed by atoms with Crippen LogP contribution in [0.25, 0.3) is 21.8 Å². The van der Waals surface area contributed by atoms with Gasteiger partial charge in [-0.3, -0.25) is 4.79 Å². The van der Waals surface area contributed by atoms with Crippen LogP contribution in [0.2, 0.25) is 0 Å². The lowest BCUT2D eigenvalue weighted by atomic mass is 9.93. The third-order valence-electron chi connectivity index (χ3n) is 12.0. The molecule has 8 aromatic rings. The van der Waals surface area contributed by atoms with Crippen LogP contribution in [0.1, 0.15) is 63.8 Å². The van der Waals surface area contributed by atoms with Gasteiger partial charge in [0.15, 0.2) is 0 Å². The molecular weight excluding hydrogens is 871 g/mol. The first-order valence-electron chi connectivity index (χ1n) is 22.2. The molecule has 14 heteroatoms. The lowest BCUT2D eigenvalue weighted by Crippen LogP contribution is -2.30. The third-order valence-corrected chi connectivity index (χ3v) is 12.0. The standard InChI is InChI=1S/2C26H25FN2O3.C2H4O2/c2*1-30-20-8-9-23-22(14-20)21-11-12-28-25(26(21)29-23)16-3-10-24(31-2)17(13-16)15-32-19-6-4-18(27)5-7-19;1-2(3)4/h2*3-10,13-14,25,28-29H,11-12,15H2,1-2H3;1H3,(H,3,4). The summed E-state index contributed by atoms with van der Waals surface area (Å²) in [6.07, 6.45) is 1.91. The number of H-pyrrole nitrogens is 2. The summed E-state index contributed by atoms with van der Waals surface area (Å²) in [4.78, 5) is 16.2. The highest BCUT2D eigenvalue weighted by Crippen LogP contribution is 2.38. The number of ether oxygens (including phenoxy) is 6. The molecule has 4 heterocycles. The minimum absolute atomic E-state index is 0.0348. The average Bonchev–Trinajstić information content (AvgIpc) is 3.93. The normalized spacial score (nSPS) is 14.9. The van der Waals surface area contributed by atoms with Crippen molar-refractivity contribution in [3.8, 4) is 34.5 Å². The smallest absolute Gasteiger partial charge is 0.300 e. The van der Waals surface area contributed by atoms with Crippen LogP contribution in [0.5, 0.6) is 34.5 Å². The van der Waals surface area contributed by atoms with Crippen LogP contribution in [0.15, 0.2) is 121 Å². The fraction of sp³-hybridized carbons (Fsp3) is 0.241. The Kier molecular flexibility index (Phi) is 14.8. The maximum Gasteiger partial charge on any atom is 0.300 e. The molecular formula is C54H54F2N4O8. The monoisotopic (exact) mass is 924 g/mol. The number of rotatable bonds is 12. The van der Waals surface area contributed by atoms with Crippen LogP contribution >= 0.6 is 0 Å². The molecule has 0 saturated heterocycles. The van der Waals surface area contributed by atoms with Gasteiger partial charge in [-0.2, -0.15) is 0 Å². The number of carboxylic acids is 1. The fourth-order valence-electron chi connectivity index (χ4n) is 8.80. The molecule has 0 fully saturated rings. The van der Waals surface area contributed by atoms with E-state index in [1.165, 1.54) is 57.6 Å². The van der Waals surface area contributed by atoms with E-state index in [-0.39, 0.29) is 23.7 Å². The molecule has 0 bridgehead atoms. The number of halogens is 2. The van der Waals surface area contributed by atoms with Gasteiger partial charge in [0.05, 0.1) is 40.5 Å². The summed E-state index contributed by atoms with van der Waals surface area (Å²) >= 11 is 0. The van der Waals surface area contributed by atoms with Crippen LogP contribution in [0.4, 0.5) is 8.78 Å². The molecule has 10 rings (SSSR count). The number of benzene rings is 6. The number of aliphatic carboxylic acids is 1. The van der Waals surface area contributed by atoms with E-state index in [9.17, 15) is 8.78 Å². The zero-order valence-corrected chi connectivity index (χ0v) is 38.5. The van der Waals surface area contributed by atoms with Crippen LogP contribution in [-0.4, -0.2) is 62.6 Å². The summed E-state index contributed by atoms with van der Waals surface area (Å²) in [7, 11) is 6.69. The molecule has 352 valence electrons. The maximum absolute atomic E-state index is 13.2. The molecule has 12 nitrogen and oxygen atoms in total. The average molecular weight is 925 g/mol. The second-order valence-corrected chi connectivity index (χ2v) is 16.3. The summed E-state index contributed by atoms with van der Waals surface area (Å²) in [5.41, 5.74) is 11.3. The molecule has 6 aromatic carbocycles. The zero-order valence-electron chi connectivity index (χ0n) is 38.5. The first-order valence-corrected chi connectivity index (χ1v) is 22.2. The Bertz CT molecular complexity index is 2810. The van der Waals surface area contributed by atoms with E-state index in [1.807, 2.05) is 24.3 Å². The number of carbonyl (C=O) groups is 1. The molecule has 0 saturated carbocycles. The maximum atomic E-state index is 13.2. The van der Waals surface area contributed by atoms with E-state index in [2.05, 4.69) is 69.1 Å². The van der Waals surface area contributed by atoms with Gasteiger partial charge in [-0.25, -0.2) is 8.78 Å². The fourth-order valence-corrected chi connectivity index (χ4v) is 8.80. The third kappa shape index (κ3) is 10.7. The Morgan fingerprint density at radius 2 is 0.926 bits per heavy atom. The van der Waals surface area contributed by atoms with Gasteiger partial charge in [-0.05, 0) is 144 Å². The molecule has 0 aliphatic carbocycles. The molecule has 68 heavy (non-hydrogen) atoms. The van der Waals surface area contributed by atoms with E-state index in [4.69, 9.17) is 38.3 Å². The SMILES string of the molecule is CC(=O)O.COc1ccc2[nH]c3c(c2c1)CCNC3c1ccc(OC)c(COc2ccc(F)cc2)c1.COc1ccc2[nH]c3c(c2c1)CCNC3c1ccc(OC)c(COc2ccc(F)cc2)c1. The van der Waals surface area contributed by atoms with Gasteiger partial charge < -0.3 is 54.1 Å². The summed E-state index contributed by atoms with van der Waals surface area (Å²) in [5.74, 6) is 3.06. The second-order valence-electron chi connectivity index (χ2n) is 16.3. The highest BCUT2D eigenvalue weighted by atomic mass is 19.1. The van der Waals surface area contributed by atoms with Crippen LogP contribution in [-0.2, 0) is 30.8 Å². The lowest BCUT2D eigenvalue weighted by Gasteiger charge is -2.25. The molecule has 5 N–H and O–H groups in total. The first kappa shape index (κ1) is 47.0. The Labute approximate surface area is 393 Å². The first-order chi connectivity index (χ1) is 33.0. The molecule has 2 aliphatic heterocycles. The van der Waals surface area contributed by atoms with Crippen molar-refractivity contribution in [2.75, 3.05) is 41.5 Å². The van der Waals surface area contributed by atoms with E-state index >= 15 is 0 Å². The van der Waals surface area contributed by atoms with Gasteiger partial charge in [0.1, 0.15) is 59.3 Å². The topological polar surface area (TPSA) is 148 Å². The van der Waals surface area contributed by atoms with Crippen molar-refractivity contribution in [3.05, 3.63) is 178 Å². The molecule has 0 radical (unpaired) electrons. The number of fused-ring (bicyclic) bond motifs is 6. The van der Waals surface area contributed by atoms with Gasteiger partial charge in [0.25, 0.3) is 5.97 Å². The Balaban J connectivity index is 0.000000171. The predicted octanol–water partition coefficient (Wildman–Crippen LogP) is 10.4. The molecule has 2 atom stereocenters. The summed E-state index contributed by atoms with van der Waals surface area (Å²) in [6.45, 7) is 3.50. The van der Waals surface area contributed by atoms with Crippen molar-refractivity contribution in [3.63, 3.8) is 0 Å². The van der Waals surface area contributed by atoms with Crippen molar-refractivity contribution < 1.29 is 47.1 Å². The lowest BCUT2D eigenvalue weighted by molar-refractivity contribution is -0.134. The van der Waals surface area contributed by atoms with Gasteiger partial charge in [0, 0.05) is 64.3 Å². The Hall–Kier alpha value is -7.55. The van der Waals surface area contributed by atoms with Crippen molar-refractivity contribution in [1.29, 1.82) is 0 Å². The Morgan fingerprint density at radius 1 is 0.544 bits per heavy atom. The van der Waals surface area contributed by atoms with Crippen molar-refractivity contribution in [1.82, 2.24) is 20.6 Å². The highest BCUT2D eigenvalue weighted by Gasteiger charge is 2.28. The molecule has 0 spiro atoms. The zero-order chi connectivity index (χ0) is 47.7. The van der Waals surface area contributed by atoms with Gasteiger partial charge in [0.2, 0.25) is 0 Å². The quantitative estimate of drug-likeness (QED) is 0.0802. The second kappa shape index (κ2) is 21.4. The summed E-state index contributed by atoms with van der Waals surface area (Å²) < 4.78 is 60.1. The largest absolute Gasteiger partial charge is 0.497 e. The van der Waals surface area contributed by atoms with E-state index in [1.54, 1.807) is 52.7 Å². The van der Waals surface area contributed by atoms with Crippen molar-refractivity contribution in [2.45, 2.75) is 45.1 Å². The summed E-state index contributed by atoms with van der Waals surface area (Å²) in [5, 5.41) is 17.1. The van der Waals surface area contributed by atoms with Crippen LogP contribution < -0.4 is 39.1 Å².